The lowest BCUT2D eigenvalue weighted by Crippen LogP contribution is -2.28. The molecule has 1 aliphatic carbocycles. The summed E-state index contributed by atoms with van der Waals surface area (Å²) in [5, 5.41) is 7.75. The van der Waals surface area contributed by atoms with Crippen LogP contribution in [0.25, 0.3) is 21.5 Å². The lowest BCUT2D eigenvalue weighted by molar-refractivity contribution is -0.118. The molecule has 32 heavy (non-hydrogen) atoms. The molecule has 8 nitrogen and oxygen atoms in total. The Morgan fingerprint density at radius 2 is 2.03 bits per heavy atom. The molecule has 1 saturated carbocycles. The number of nitrogens with one attached hydrogen (secondary N) is 1. The van der Waals surface area contributed by atoms with Crippen molar-refractivity contribution in [2.45, 2.75) is 25.2 Å². The van der Waals surface area contributed by atoms with Crippen LogP contribution in [0.3, 0.4) is 0 Å². The van der Waals surface area contributed by atoms with Crippen LogP contribution in [0.1, 0.15) is 25.5 Å². The van der Waals surface area contributed by atoms with Crippen molar-refractivity contribution in [2.24, 2.45) is 0 Å². The van der Waals surface area contributed by atoms with E-state index in [1.807, 2.05) is 49.4 Å². The van der Waals surface area contributed by atoms with Gasteiger partial charge in [0.2, 0.25) is 12.7 Å². The summed E-state index contributed by atoms with van der Waals surface area (Å²) in [4.78, 5) is 17.7. The predicted octanol–water partition coefficient (Wildman–Crippen LogP) is 4.75. The summed E-state index contributed by atoms with van der Waals surface area (Å²) in [5.41, 5.74) is 1.58. The minimum atomic E-state index is -0.688. The minimum absolute atomic E-state index is 0.118. The zero-order chi connectivity index (χ0) is 21.7. The Morgan fingerprint density at radius 3 is 2.88 bits per heavy atom. The third-order valence-electron chi connectivity index (χ3n) is 5.73. The normalized spacial score (nSPS) is 15.7. The Morgan fingerprint density at radius 1 is 1.16 bits per heavy atom. The number of aromatic nitrogens is 2. The van der Waals surface area contributed by atoms with Crippen LogP contribution >= 0.6 is 11.3 Å². The van der Waals surface area contributed by atoms with Crippen LogP contribution in [0.5, 0.6) is 17.2 Å². The highest BCUT2D eigenvalue weighted by molar-refractivity contribution is 7.22. The lowest BCUT2D eigenvalue weighted by atomic mass is 10.0. The van der Waals surface area contributed by atoms with Gasteiger partial charge in [0.05, 0.1) is 27.9 Å². The first kappa shape index (κ1) is 19.1. The van der Waals surface area contributed by atoms with Gasteiger partial charge in [-0.05, 0) is 56.2 Å². The summed E-state index contributed by atoms with van der Waals surface area (Å²) < 4.78 is 22.9. The first-order valence-electron chi connectivity index (χ1n) is 10.4. The maximum Gasteiger partial charge on any atom is 0.238 e. The molecule has 0 spiro atoms. The number of carbonyl (C=O) groups is 1. The molecule has 6 rings (SSSR count). The van der Waals surface area contributed by atoms with E-state index in [9.17, 15) is 4.79 Å². The van der Waals surface area contributed by atoms with Crippen molar-refractivity contribution >= 4 is 32.6 Å². The molecular weight excluding hydrogens is 430 g/mol. The van der Waals surface area contributed by atoms with Crippen LogP contribution in [0.2, 0.25) is 0 Å². The Hall–Kier alpha value is -3.59. The first-order valence-corrected chi connectivity index (χ1v) is 11.2. The van der Waals surface area contributed by atoms with Gasteiger partial charge < -0.3 is 24.1 Å². The van der Waals surface area contributed by atoms with Gasteiger partial charge >= 0.3 is 0 Å². The molecule has 0 saturated heterocycles. The highest BCUT2D eigenvalue weighted by atomic mass is 32.1. The highest BCUT2D eigenvalue weighted by Gasteiger charge is 2.54. The molecule has 4 aromatic rings. The Labute approximate surface area is 187 Å². The van der Waals surface area contributed by atoms with Gasteiger partial charge in [0.15, 0.2) is 22.4 Å². The second-order valence-corrected chi connectivity index (χ2v) is 8.79. The third-order valence-corrected chi connectivity index (χ3v) is 6.67. The number of carbonyl (C=O) groups excluding carboxylic acids is 1. The van der Waals surface area contributed by atoms with E-state index in [0.717, 1.165) is 21.5 Å². The summed E-state index contributed by atoms with van der Waals surface area (Å²) in [6.45, 7) is 2.75. The maximum atomic E-state index is 13.2. The smallest absolute Gasteiger partial charge is 0.238 e. The number of benzene rings is 2. The number of hydrogen-bond donors (Lipinski definition) is 1. The number of fused-ring (bicyclic) bond motifs is 2. The van der Waals surface area contributed by atoms with Crippen molar-refractivity contribution < 1.29 is 23.5 Å². The molecule has 0 bridgehead atoms. The van der Waals surface area contributed by atoms with Gasteiger partial charge in [-0.15, -0.1) is 0 Å². The van der Waals surface area contributed by atoms with Gasteiger partial charge in [0, 0.05) is 11.6 Å². The fraction of sp³-hybridized carbons (Fsp3) is 0.261. The fourth-order valence-electron chi connectivity index (χ4n) is 3.84. The Bertz CT molecular complexity index is 1340. The quantitative estimate of drug-likeness (QED) is 0.454. The molecule has 2 aliphatic rings. The minimum Gasteiger partial charge on any atom is -0.494 e. The number of anilines is 1. The molecule has 1 fully saturated rings. The number of amides is 1. The van der Waals surface area contributed by atoms with E-state index in [1.54, 1.807) is 0 Å². The van der Waals surface area contributed by atoms with Gasteiger partial charge in [0.25, 0.3) is 0 Å². The van der Waals surface area contributed by atoms with E-state index >= 15 is 0 Å². The van der Waals surface area contributed by atoms with Crippen LogP contribution in [-0.2, 0) is 10.2 Å². The zero-order valence-corrected chi connectivity index (χ0v) is 18.0. The lowest BCUT2D eigenvalue weighted by Gasteiger charge is -2.10. The fourth-order valence-corrected chi connectivity index (χ4v) is 4.73. The van der Waals surface area contributed by atoms with Gasteiger partial charge in [-0.25, -0.2) is 4.98 Å². The predicted molar refractivity (Wildman–Crippen MR) is 118 cm³/mol. The standard InChI is InChI=1S/C23H19N3O5S/c1-2-28-14-4-5-15-19(10-14)32-22(24-15)25-21(27)23(7-8-23)20-11-17(31-26-20)13-3-6-16-18(9-13)30-12-29-16/h3-6,9-11H,2,7-8,12H2,1H3,(H,24,25,27). The van der Waals surface area contributed by atoms with Crippen LogP contribution in [0, 0.1) is 0 Å². The monoisotopic (exact) mass is 449 g/mol. The average Bonchev–Trinajstić information content (AvgIpc) is 3.15. The molecule has 1 amide bonds. The topological polar surface area (TPSA) is 95.7 Å². The summed E-state index contributed by atoms with van der Waals surface area (Å²) in [6.07, 6.45) is 1.43. The average molecular weight is 449 g/mol. The molecular formula is C23H19N3O5S. The molecule has 0 atom stereocenters. The van der Waals surface area contributed by atoms with E-state index in [1.165, 1.54) is 11.3 Å². The summed E-state index contributed by atoms with van der Waals surface area (Å²) >= 11 is 1.43. The van der Waals surface area contributed by atoms with Crippen molar-refractivity contribution in [1.29, 1.82) is 0 Å². The number of nitrogens with zero attached hydrogens (tertiary/aromatic N) is 2. The summed E-state index contributed by atoms with van der Waals surface area (Å²) in [6, 6.07) is 13.1. The van der Waals surface area contributed by atoms with Crippen molar-refractivity contribution in [3.8, 4) is 28.6 Å². The number of rotatable bonds is 6. The highest BCUT2D eigenvalue weighted by Crippen LogP contribution is 2.49. The van der Waals surface area contributed by atoms with Gasteiger partial charge in [-0.2, -0.15) is 0 Å². The Balaban J connectivity index is 1.22. The van der Waals surface area contributed by atoms with E-state index in [0.29, 0.717) is 47.5 Å². The van der Waals surface area contributed by atoms with Gasteiger partial charge in [-0.1, -0.05) is 16.5 Å². The van der Waals surface area contributed by atoms with Crippen molar-refractivity contribution in [3.05, 3.63) is 48.2 Å². The van der Waals surface area contributed by atoms with E-state index < -0.39 is 5.41 Å². The SMILES string of the molecule is CCOc1ccc2nc(NC(=O)C3(c4cc(-c5ccc6c(c5)OCO6)on4)CC3)sc2c1. The Kier molecular flexibility index (Phi) is 4.32. The van der Waals surface area contributed by atoms with Gasteiger partial charge in [-0.3, -0.25) is 4.79 Å². The molecule has 1 N–H and O–H groups in total. The van der Waals surface area contributed by atoms with E-state index in [4.69, 9.17) is 18.7 Å². The zero-order valence-electron chi connectivity index (χ0n) is 17.2. The third kappa shape index (κ3) is 3.16. The molecule has 162 valence electrons. The van der Waals surface area contributed by atoms with E-state index in [-0.39, 0.29) is 12.7 Å². The molecule has 0 unspecified atom stereocenters. The van der Waals surface area contributed by atoms with Crippen LogP contribution in [0.15, 0.2) is 47.0 Å². The molecule has 3 heterocycles. The molecule has 2 aromatic heterocycles. The second kappa shape index (κ2) is 7.23. The van der Waals surface area contributed by atoms with Crippen LogP contribution in [-0.4, -0.2) is 29.4 Å². The maximum absolute atomic E-state index is 13.2. The molecule has 1 aliphatic heterocycles. The number of thiazole rings is 1. The summed E-state index contributed by atoms with van der Waals surface area (Å²) in [5.74, 6) is 2.63. The molecule has 0 radical (unpaired) electrons. The van der Waals surface area contributed by atoms with Crippen molar-refractivity contribution in [2.75, 3.05) is 18.7 Å². The number of hydrogen-bond acceptors (Lipinski definition) is 8. The second-order valence-electron chi connectivity index (χ2n) is 7.76. The first-order chi connectivity index (χ1) is 15.6. The number of ether oxygens (including phenoxy) is 3. The summed E-state index contributed by atoms with van der Waals surface area (Å²) in [7, 11) is 0. The van der Waals surface area contributed by atoms with Crippen LogP contribution < -0.4 is 19.5 Å². The van der Waals surface area contributed by atoms with Crippen LogP contribution in [0.4, 0.5) is 5.13 Å². The van der Waals surface area contributed by atoms with Gasteiger partial charge in [0.1, 0.15) is 5.75 Å². The van der Waals surface area contributed by atoms with Crippen molar-refractivity contribution in [1.82, 2.24) is 10.1 Å². The molecule has 2 aromatic carbocycles. The molecule has 9 heteroatoms. The van der Waals surface area contributed by atoms with E-state index in [2.05, 4.69) is 15.5 Å². The van der Waals surface area contributed by atoms with Crippen molar-refractivity contribution in [3.63, 3.8) is 0 Å². The largest absolute Gasteiger partial charge is 0.494 e.